The highest BCUT2D eigenvalue weighted by Crippen LogP contribution is 2.17. The van der Waals surface area contributed by atoms with Crippen LogP contribution in [0.1, 0.15) is 45.2 Å². The molecule has 1 heterocycles. The third-order valence-electron chi connectivity index (χ3n) is 4.83. The zero-order chi connectivity index (χ0) is 17.8. The molecule has 130 valence electrons. The van der Waals surface area contributed by atoms with Crippen LogP contribution in [0.15, 0.2) is 48.5 Å². The van der Waals surface area contributed by atoms with Crippen molar-refractivity contribution in [1.29, 1.82) is 0 Å². The topological polar surface area (TPSA) is 58.2 Å². The minimum atomic E-state index is -0.171. The summed E-state index contributed by atoms with van der Waals surface area (Å²) in [6.07, 6.45) is 0.904. The zero-order valence-electron chi connectivity index (χ0n) is 14.7. The first-order chi connectivity index (χ1) is 12.1. The number of ketones is 1. The van der Waals surface area contributed by atoms with Gasteiger partial charge in [-0.15, -0.1) is 0 Å². The number of hydrogen-bond donors (Lipinski definition) is 2. The van der Waals surface area contributed by atoms with E-state index in [9.17, 15) is 9.59 Å². The highest BCUT2D eigenvalue weighted by molar-refractivity contribution is 6.15. The Hall–Kier alpha value is -2.46. The summed E-state index contributed by atoms with van der Waals surface area (Å²) in [6, 6.07) is 14.6. The van der Waals surface area contributed by atoms with Crippen molar-refractivity contribution in [1.82, 2.24) is 10.6 Å². The molecule has 1 amide bonds. The molecule has 0 bridgehead atoms. The van der Waals surface area contributed by atoms with E-state index in [1.54, 1.807) is 36.4 Å². The molecular weight excluding hydrogens is 312 g/mol. The highest BCUT2D eigenvalue weighted by atomic mass is 16.2. The Balaban J connectivity index is 1.83. The molecule has 1 saturated heterocycles. The van der Waals surface area contributed by atoms with Gasteiger partial charge in [-0.25, -0.2) is 0 Å². The van der Waals surface area contributed by atoms with E-state index in [0.717, 1.165) is 25.1 Å². The maximum atomic E-state index is 12.8. The number of piperidine rings is 1. The lowest BCUT2D eigenvalue weighted by Crippen LogP contribution is -2.48. The smallest absolute Gasteiger partial charge is 0.252 e. The predicted octanol–water partition coefficient (Wildman–Crippen LogP) is 2.95. The van der Waals surface area contributed by atoms with E-state index in [0.29, 0.717) is 22.6 Å². The van der Waals surface area contributed by atoms with Crippen molar-refractivity contribution < 1.29 is 9.59 Å². The van der Waals surface area contributed by atoms with Crippen LogP contribution in [0, 0.1) is 12.8 Å². The van der Waals surface area contributed by atoms with Crippen molar-refractivity contribution >= 4 is 11.7 Å². The number of carbonyl (C=O) groups is 2. The average Bonchev–Trinajstić information content (AvgIpc) is 2.63. The standard InChI is InChI=1S/C21H24N2O2/c1-14-7-9-16(10-8-14)20(24)17-5-3-4-6-18(17)21(25)23-19-11-12-22-13-15(19)2/h3-10,15,19,22H,11-13H2,1-2H3,(H,23,25). The molecule has 2 unspecified atom stereocenters. The number of hydrogen-bond acceptors (Lipinski definition) is 3. The van der Waals surface area contributed by atoms with Gasteiger partial charge in [-0.3, -0.25) is 9.59 Å². The van der Waals surface area contributed by atoms with Gasteiger partial charge in [0.1, 0.15) is 0 Å². The van der Waals surface area contributed by atoms with Crippen LogP contribution in [0.5, 0.6) is 0 Å². The van der Waals surface area contributed by atoms with Gasteiger partial charge < -0.3 is 10.6 Å². The molecule has 2 aromatic carbocycles. The van der Waals surface area contributed by atoms with Gasteiger partial charge in [-0.2, -0.15) is 0 Å². The van der Waals surface area contributed by atoms with E-state index in [4.69, 9.17) is 0 Å². The summed E-state index contributed by atoms with van der Waals surface area (Å²) in [5.74, 6) is 0.0802. The van der Waals surface area contributed by atoms with Crippen molar-refractivity contribution in [3.8, 4) is 0 Å². The van der Waals surface area contributed by atoms with E-state index in [1.165, 1.54) is 0 Å². The molecule has 4 nitrogen and oxygen atoms in total. The zero-order valence-corrected chi connectivity index (χ0v) is 14.7. The van der Waals surface area contributed by atoms with E-state index < -0.39 is 0 Å². The predicted molar refractivity (Wildman–Crippen MR) is 99.0 cm³/mol. The second-order valence-electron chi connectivity index (χ2n) is 6.79. The summed E-state index contributed by atoms with van der Waals surface area (Å²) in [7, 11) is 0. The number of rotatable bonds is 4. The van der Waals surface area contributed by atoms with Gasteiger partial charge in [0.25, 0.3) is 5.91 Å². The first-order valence-electron chi connectivity index (χ1n) is 8.78. The van der Waals surface area contributed by atoms with Gasteiger partial charge in [0.2, 0.25) is 0 Å². The van der Waals surface area contributed by atoms with Gasteiger partial charge in [0.05, 0.1) is 5.56 Å². The molecule has 1 fully saturated rings. The molecule has 0 radical (unpaired) electrons. The van der Waals surface area contributed by atoms with Crippen LogP contribution in [0.2, 0.25) is 0 Å². The minimum Gasteiger partial charge on any atom is -0.349 e. The lowest BCUT2D eigenvalue weighted by Gasteiger charge is -2.30. The Morgan fingerprint density at radius 2 is 1.72 bits per heavy atom. The lowest BCUT2D eigenvalue weighted by molar-refractivity contribution is 0.0905. The SMILES string of the molecule is Cc1ccc(C(=O)c2ccccc2C(=O)NC2CCNCC2C)cc1. The molecule has 2 N–H and O–H groups in total. The number of aryl methyl sites for hydroxylation is 1. The van der Waals surface area contributed by atoms with Gasteiger partial charge in [-0.1, -0.05) is 55.0 Å². The second-order valence-corrected chi connectivity index (χ2v) is 6.79. The van der Waals surface area contributed by atoms with Gasteiger partial charge in [0.15, 0.2) is 5.78 Å². The molecule has 25 heavy (non-hydrogen) atoms. The van der Waals surface area contributed by atoms with E-state index in [1.807, 2.05) is 19.1 Å². The Kier molecular flexibility index (Phi) is 5.29. The normalized spacial score (nSPS) is 20.1. The van der Waals surface area contributed by atoms with Crippen molar-refractivity contribution in [2.75, 3.05) is 13.1 Å². The van der Waals surface area contributed by atoms with E-state index in [2.05, 4.69) is 17.6 Å². The van der Waals surface area contributed by atoms with Crippen LogP contribution < -0.4 is 10.6 Å². The first kappa shape index (κ1) is 17.4. The molecule has 2 aromatic rings. The third-order valence-corrected chi connectivity index (χ3v) is 4.83. The van der Waals surface area contributed by atoms with E-state index >= 15 is 0 Å². The maximum absolute atomic E-state index is 12.8. The van der Waals surface area contributed by atoms with Gasteiger partial charge in [-0.05, 0) is 38.4 Å². The quantitative estimate of drug-likeness (QED) is 0.844. The second kappa shape index (κ2) is 7.62. The van der Waals surface area contributed by atoms with Crippen LogP contribution in [0.4, 0.5) is 0 Å². The molecular formula is C21H24N2O2. The molecule has 0 saturated carbocycles. The molecule has 3 rings (SSSR count). The average molecular weight is 336 g/mol. The summed E-state index contributed by atoms with van der Waals surface area (Å²) in [5.41, 5.74) is 2.59. The van der Waals surface area contributed by atoms with Crippen LogP contribution in [-0.4, -0.2) is 30.8 Å². The summed E-state index contributed by atoms with van der Waals surface area (Å²) in [5, 5.41) is 6.44. The molecule has 1 aliphatic rings. The fourth-order valence-corrected chi connectivity index (χ4v) is 3.21. The van der Waals surface area contributed by atoms with Crippen LogP contribution in [0.3, 0.4) is 0 Å². The Morgan fingerprint density at radius 3 is 2.40 bits per heavy atom. The number of nitrogens with one attached hydrogen (secondary N) is 2. The molecule has 4 heteroatoms. The van der Waals surface area contributed by atoms with E-state index in [-0.39, 0.29) is 17.7 Å². The van der Waals surface area contributed by atoms with Gasteiger partial charge >= 0.3 is 0 Å². The summed E-state index contributed by atoms with van der Waals surface area (Å²) in [6.45, 7) is 5.91. The fraction of sp³-hybridized carbons (Fsp3) is 0.333. The van der Waals surface area contributed by atoms with Gasteiger partial charge in [0, 0.05) is 17.2 Å². The molecule has 2 atom stereocenters. The fourth-order valence-electron chi connectivity index (χ4n) is 3.21. The highest BCUT2D eigenvalue weighted by Gasteiger charge is 2.25. The molecule has 1 aliphatic heterocycles. The Labute approximate surface area is 148 Å². The lowest BCUT2D eigenvalue weighted by atomic mass is 9.93. The summed E-state index contributed by atoms with van der Waals surface area (Å²) < 4.78 is 0. The third kappa shape index (κ3) is 3.97. The van der Waals surface area contributed by atoms with Crippen molar-refractivity contribution in [3.63, 3.8) is 0 Å². The number of amides is 1. The number of carbonyl (C=O) groups excluding carboxylic acids is 2. The monoisotopic (exact) mass is 336 g/mol. The largest absolute Gasteiger partial charge is 0.349 e. The number of benzene rings is 2. The maximum Gasteiger partial charge on any atom is 0.252 e. The van der Waals surface area contributed by atoms with Crippen molar-refractivity contribution in [2.24, 2.45) is 5.92 Å². The van der Waals surface area contributed by atoms with Crippen LogP contribution in [0.25, 0.3) is 0 Å². The minimum absolute atomic E-state index is 0.121. The molecule has 0 spiro atoms. The Bertz CT molecular complexity index is 768. The molecule has 0 aliphatic carbocycles. The first-order valence-corrected chi connectivity index (χ1v) is 8.78. The summed E-state index contributed by atoms with van der Waals surface area (Å²) >= 11 is 0. The molecule has 0 aromatic heterocycles. The summed E-state index contributed by atoms with van der Waals surface area (Å²) in [4.78, 5) is 25.6. The van der Waals surface area contributed by atoms with Crippen molar-refractivity contribution in [3.05, 3.63) is 70.8 Å². The van der Waals surface area contributed by atoms with Crippen LogP contribution >= 0.6 is 0 Å². The van der Waals surface area contributed by atoms with Crippen LogP contribution in [-0.2, 0) is 0 Å². The van der Waals surface area contributed by atoms with Crippen molar-refractivity contribution in [2.45, 2.75) is 26.3 Å². The Morgan fingerprint density at radius 1 is 1.04 bits per heavy atom.